The molecule has 9 heteroatoms. The van der Waals surface area contributed by atoms with Crippen molar-refractivity contribution in [3.05, 3.63) is 71.3 Å². The largest absolute Gasteiger partial charge is 0.416 e. The van der Waals surface area contributed by atoms with Crippen LogP contribution in [0.5, 0.6) is 0 Å². The highest BCUT2D eigenvalue weighted by atomic mass is 19.4. The second-order valence-corrected chi connectivity index (χ2v) is 6.42. The van der Waals surface area contributed by atoms with Crippen molar-refractivity contribution in [1.82, 2.24) is 10.6 Å². The maximum atomic E-state index is 12.6. The topological polar surface area (TPSA) is 87.7 Å². The second-order valence-electron chi connectivity index (χ2n) is 6.42. The zero-order valence-electron chi connectivity index (χ0n) is 16.3. The summed E-state index contributed by atoms with van der Waals surface area (Å²) in [5, 5.41) is 15.4. The van der Waals surface area contributed by atoms with Crippen molar-refractivity contribution < 1.29 is 32.6 Å². The molecule has 0 fully saturated rings. The maximum absolute atomic E-state index is 12.6. The summed E-state index contributed by atoms with van der Waals surface area (Å²) >= 11 is 0. The van der Waals surface area contributed by atoms with Crippen LogP contribution in [0.2, 0.25) is 0 Å². The number of hydrogen-bond donors (Lipinski definition) is 3. The van der Waals surface area contributed by atoms with Gasteiger partial charge in [0.1, 0.15) is 6.10 Å². The molecule has 0 aromatic heterocycles. The highest BCUT2D eigenvalue weighted by Gasteiger charge is 2.30. The molecular formula is C21H23F3N2O4. The molecule has 0 aliphatic rings. The smallest absolute Gasteiger partial charge is 0.388 e. The number of halogens is 3. The number of benzene rings is 2. The molecule has 0 aliphatic heterocycles. The van der Waals surface area contributed by atoms with E-state index in [0.717, 1.165) is 24.3 Å². The van der Waals surface area contributed by atoms with E-state index in [4.69, 9.17) is 4.74 Å². The lowest BCUT2D eigenvalue weighted by Crippen LogP contribution is -2.46. The van der Waals surface area contributed by atoms with E-state index in [1.807, 2.05) is 0 Å². The quantitative estimate of drug-likeness (QED) is 0.578. The Morgan fingerprint density at radius 2 is 1.47 bits per heavy atom. The number of aliphatic hydroxyl groups is 1. The molecular weight excluding hydrogens is 401 g/mol. The number of rotatable bonds is 9. The molecule has 2 rings (SSSR count). The van der Waals surface area contributed by atoms with Gasteiger partial charge in [0.25, 0.3) is 11.8 Å². The molecule has 0 radical (unpaired) electrons. The Kier molecular flexibility index (Phi) is 8.37. The number of ether oxygens (including phenoxy) is 1. The molecule has 2 amide bonds. The lowest BCUT2D eigenvalue weighted by atomic mass is 10.1. The van der Waals surface area contributed by atoms with Crippen molar-refractivity contribution in [3.8, 4) is 0 Å². The summed E-state index contributed by atoms with van der Waals surface area (Å²) < 4.78 is 43.3. The van der Waals surface area contributed by atoms with E-state index in [-0.39, 0.29) is 31.2 Å². The summed E-state index contributed by atoms with van der Waals surface area (Å²) in [4.78, 5) is 24.3. The van der Waals surface area contributed by atoms with Crippen molar-refractivity contribution in [2.75, 3.05) is 19.7 Å². The number of aliphatic hydroxyl groups excluding tert-OH is 1. The zero-order chi connectivity index (χ0) is 22.1. The number of hydrogen-bond acceptors (Lipinski definition) is 4. The molecule has 0 saturated heterocycles. The molecule has 0 bridgehead atoms. The van der Waals surface area contributed by atoms with E-state index in [9.17, 15) is 27.9 Å². The van der Waals surface area contributed by atoms with Gasteiger partial charge in [-0.1, -0.05) is 18.2 Å². The Hall–Kier alpha value is -2.91. The molecule has 0 saturated carbocycles. The van der Waals surface area contributed by atoms with E-state index >= 15 is 0 Å². The minimum atomic E-state index is -4.48. The molecule has 2 atom stereocenters. The third-order valence-electron chi connectivity index (χ3n) is 4.26. The van der Waals surface area contributed by atoms with Crippen LogP contribution >= 0.6 is 0 Å². The summed E-state index contributed by atoms with van der Waals surface area (Å²) in [7, 11) is 0. The maximum Gasteiger partial charge on any atom is 0.416 e. The molecule has 2 aromatic carbocycles. The molecule has 3 N–H and O–H groups in total. The fourth-order valence-corrected chi connectivity index (χ4v) is 2.65. The fraction of sp³-hybridized carbons (Fsp3) is 0.333. The van der Waals surface area contributed by atoms with Crippen LogP contribution in [0.4, 0.5) is 13.2 Å². The average Bonchev–Trinajstić information content (AvgIpc) is 2.74. The van der Waals surface area contributed by atoms with E-state index in [0.29, 0.717) is 5.56 Å². The van der Waals surface area contributed by atoms with Crippen LogP contribution in [-0.2, 0) is 10.9 Å². The minimum Gasteiger partial charge on any atom is -0.388 e. The van der Waals surface area contributed by atoms with Crippen molar-refractivity contribution in [2.24, 2.45) is 0 Å². The summed E-state index contributed by atoms with van der Waals surface area (Å²) in [6, 6.07) is 12.3. The van der Waals surface area contributed by atoms with Crippen molar-refractivity contribution >= 4 is 11.8 Å². The standard InChI is InChI=1S/C21H23F3N2O4/c1-2-30-18(17(27)12-25-19(28)14-6-4-3-5-7-14)13-26-20(29)15-8-10-16(11-9-15)21(22,23)24/h3-11,17-18,27H,2,12-13H2,1H3,(H,25,28)(H,26,29)/t17-,18+/m0/s1. The molecule has 2 aromatic rings. The Bertz CT molecular complexity index is 826. The number of alkyl halides is 3. The van der Waals surface area contributed by atoms with Gasteiger partial charge in [-0.15, -0.1) is 0 Å². The fourth-order valence-electron chi connectivity index (χ4n) is 2.65. The van der Waals surface area contributed by atoms with Crippen LogP contribution in [0.15, 0.2) is 54.6 Å². The van der Waals surface area contributed by atoms with Gasteiger partial charge in [0.2, 0.25) is 0 Å². The van der Waals surface area contributed by atoms with E-state index in [2.05, 4.69) is 10.6 Å². The SMILES string of the molecule is CCO[C@H](CNC(=O)c1ccc(C(F)(F)F)cc1)[C@@H](O)CNC(=O)c1ccccc1. The van der Waals surface area contributed by atoms with Gasteiger partial charge in [0.05, 0.1) is 11.7 Å². The minimum absolute atomic E-state index is 0.0464. The van der Waals surface area contributed by atoms with Gasteiger partial charge in [-0.2, -0.15) is 13.2 Å². The molecule has 6 nitrogen and oxygen atoms in total. The summed E-state index contributed by atoms with van der Waals surface area (Å²) in [6.45, 7) is 1.77. The second kappa shape index (κ2) is 10.7. The third-order valence-corrected chi connectivity index (χ3v) is 4.26. The van der Waals surface area contributed by atoms with Gasteiger partial charge >= 0.3 is 6.18 Å². The average molecular weight is 424 g/mol. The Balaban J connectivity index is 1.89. The molecule has 0 heterocycles. The monoisotopic (exact) mass is 424 g/mol. The van der Waals surface area contributed by atoms with Gasteiger partial charge in [0.15, 0.2) is 0 Å². The van der Waals surface area contributed by atoms with Crippen LogP contribution in [0, 0.1) is 0 Å². The van der Waals surface area contributed by atoms with Gasteiger partial charge in [-0.25, -0.2) is 0 Å². The van der Waals surface area contributed by atoms with Crippen molar-refractivity contribution in [3.63, 3.8) is 0 Å². The van der Waals surface area contributed by atoms with Crippen LogP contribution in [0.1, 0.15) is 33.2 Å². The Labute approximate surface area is 172 Å². The predicted molar refractivity (Wildman–Crippen MR) is 104 cm³/mol. The zero-order valence-corrected chi connectivity index (χ0v) is 16.3. The first kappa shape index (κ1) is 23.4. The van der Waals surface area contributed by atoms with E-state index in [1.54, 1.807) is 37.3 Å². The van der Waals surface area contributed by atoms with Crippen molar-refractivity contribution in [1.29, 1.82) is 0 Å². The Morgan fingerprint density at radius 1 is 0.933 bits per heavy atom. The normalized spacial score (nSPS) is 13.4. The van der Waals surface area contributed by atoms with Gasteiger partial charge < -0.3 is 20.5 Å². The first-order valence-corrected chi connectivity index (χ1v) is 9.30. The Morgan fingerprint density at radius 3 is 2.00 bits per heavy atom. The highest BCUT2D eigenvalue weighted by molar-refractivity contribution is 5.94. The van der Waals surface area contributed by atoms with E-state index in [1.165, 1.54) is 0 Å². The summed E-state index contributed by atoms with van der Waals surface area (Å²) in [5.41, 5.74) is -0.366. The number of carbonyl (C=O) groups excluding carboxylic acids is 2. The summed E-state index contributed by atoms with van der Waals surface area (Å²) in [5.74, 6) is -0.965. The van der Waals surface area contributed by atoms with Gasteiger partial charge in [-0.05, 0) is 43.3 Å². The van der Waals surface area contributed by atoms with Gasteiger partial charge in [-0.3, -0.25) is 9.59 Å². The lowest BCUT2D eigenvalue weighted by molar-refractivity contribution is -0.137. The van der Waals surface area contributed by atoms with Crippen molar-refractivity contribution in [2.45, 2.75) is 25.3 Å². The third kappa shape index (κ3) is 6.85. The molecule has 0 aliphatic carbocycles. The first-order valence-electron chi connectivity index (χ1n) is 9.30. The van der Waals surface area contributed by atoms with Gasteiger partial charge in [0, 0.05) is 30.8 Å². The number of amides is 2. The predicted octanol–water partition coefficient (Wildman–Crippen LogP) is 2.63. The lowest BCUT2D eigenvalue weighted by Gasteiger charge is -2.23. The number of carbonyl (C=O) groups is 2. The van der Waals surface area contributed by atoms with E-state index < -0.39 is 29.9 Å². The summed E-state index contributed by atoms with van der Waals surface area (Å²) in [6.07, 6.45) is -6.40. The van der Waals surface area contributed by atoms with Crippen LogP contribution < -0.4 is 10.6 Å². The number of nitrogens with one attached hydrogen (secondary N) is 2. The van der Waals surface area contributed by atoms with Crippen LogP contribution in [0.25, 0.3) is 0 Å². The van der Waals surface area contributed by atoms with Crippen LogP contribution in [-0.4, -0.2) is 48.8 Å². The molecule has 0 unspecified atom stereocenters. The first-order chi connectivity index (χ1) is 14.2. The highest BCUT2D eigenvalue weighted by Crippen LogP contribution is 2.29. The molecule has 30 heavy (non-hydrogen) atoms. The molecule has 0 spiro atoms. The molecule has 162 valence electrons. The van der Waals surface area contributed by atoms with Crippen LogP contribution in [0.3, 0.4) is 0 Å².